The molecule has 3 nitrogen and oxygen atoms in total. The highest BCUT2D eigenvalue weighted by Crippen LogP contribution is 1.79. The van der Waals surface area contributed by atoms with E-state index in [9.17, 15) is 0 Å². The van der Waals surface area contributed by atoms with Gasteiger partial charge in [0.05, 0.1) is 45.7 Å². The highest BCUT2D eigenvalue weighted by atomic mass is 127. The third kappa shape index (κ3) is 2.94. The van der Waals surface area contributed by atoms with Gasteiger partial charge in [0.15, 0.2) is 0 Å². The third-order valence-electron chi connectivity index (χ3n) is 0.188. The van der Waals surface area contributed by atoms with Crippen LogP contribution in [0.3, 0.4) is 0 Å². The van der Waals surface area contributed by atoms with Crippen LogP contribution in [-0.4, -0.2) is 5.96 Å². The lowest BCUT2D eigenvalue weighted by Gasteiger charge is -1.86. The van der Waals surface area contributed by atoms with Crippen molar-refractivity contribution in [1.82, 2.24) is 3.53 Å². The third-order valence-corrected chi connectivity index (χ3v) is 1.26. The monoisotopic (exact) mass is 311 g/mol. The Balaban J connectivity index is 3.22. The van der Waals surface area contributed by atoms with Crippen molar-refractivity contribution >= 4 is 51.7 Å². The maximum absolute atomic E-state index is 5.10. The zero-order chi connectivity index (χ0) is 4.99. The normalized spacial score (nSPS) is 11.3. The molecule has 3 N–H and O–H groups in total. The van der Waals surface area contributed by atoms with Gasteiger partial charge in [-0.05, 0) is 0 Å². The first-order valence-corrected chi connectivity index (χ1v) is 3.16. The summed E-state index contributed by atoms with van der Waals surface area (Å²) in [5.74, 6) is 0.441. The lowest BCUT2D eigenvalue weighted by atomic mass is 11.1. The molecule has 0 saturated carbocycles. The summed E-state index contributed by atoms with van der Waals surface area (Å²) in [6.07, 6.45) is 0. The molecule has 0 aliphatic carbocycles. The number of nitrogens with zero attached hydrogens (tertiary/aromatic N) is 1. The van der Waals surface area contributed by atoms with E-state index in [1.54, 1.807) is 0 Å². The molecule has 0 spiro atoms. The maximum Gasteiger partial charge on any atom is 0.207 e. The van der Waals surface area contributed by atoms with Gasteiger partial charge in [0.25, 0.3) is 0 Å². The zero-order valence-electron chi connectivity index (χ0n) is 2.78. The lowest BCUT2D eigenvalue weighted by molar-refractivity contribution is 1.49. The van der Waals surface area contributed by atoms with E-state index in [0.717, 1.165) is 0 Å². The van der Waals surface area contributed by atoms with Crippen LogP contribution in [0.4, 0.5) is 0 Å². The van der Waals surface area contributed by atoms with Crippen LogP contribution in [0.2, 0.25) is 0 Å². The van der Waals surface area contributed by atoms with E-state index >= 15 is 0 Å². The summed E-state index contributed by atoms with van der Waals surface area (Å²) in [4.78, 5) is 0. The number of nitrogens with two attached hydrogens (primary N) is 1. The average Bonchev–Trinajstić information content (AvgIpc) is 1.65. The topological polar surface area (TPSA) is 50.4 Å². The van der Waals surface area contributed by atoms with Crippen molar-refractivity contribution in [2.45, 2.75) is 0 Å². The van der Waals surface area contributed by atoms with Crippen LogP contribution < -0.4 is 9.26 Å². The summed E-state index contributed by atoms with van der Waals surface area (Å²) in [5, 5.41) is 0. The van der Waals surface area contributed by atoms with E-state index in [-0.39, 0.29) is 0 Å². The summed E-state index contributed by atoms with van der Waals surface area (Å²) >= 11 is 3.71. The van der Waals surface area contributed by atoms with Gasteiger partial charge in [-0.15, -0.1) is 0 Å². The number of rotatable bonds is 0. The second-order valence-corrected chi connectivity index (χ2v) is 1.59. The fourth-order valence-electron chi connectivity index (χ4n) is 0.0160. The van der Waals surface area contributed by atoms with E-state index in [2.05, 4.69) is 6.74 Å². The molecule has 5 heteroatoms. The van der Waals surface area contributed by atoms with Crippen molar-refractivity contribution in [3.8, 4) is 0 Å². The molecule has 0 unspecified atom stereocenters. The summed E-state index contributed by atoms with van der Waals surface area (Å²) in [7, 11) is 0. The van der Waals surface area contributed by atoms with Crippen LogP contribution in [0.25, 0.3) is 0 Å². The van der Waals surface area contributed by atoms with Crippen molar-refractivity contribution in [3.63, 3.8) is 0 Å². The smallest absolute Gasteiger partial charge is 0.207 e. The van der Waals surface area contributed by atoms with E-state index in [0.29, 0.717) is 5.96 Å². The Bertz CT molecular complexity index is 59.8. The van der Waals surface area contributed by atoms with Gasteiger partial charge >= 0.3 is 0 Å². The van der Waals surface area contributed by atoms with Crippen molar-refractivity contribution < 1.29 is 0 Å². The summed E-state index contributed by atoms with van der Waals surface area (Å²) in [6, 6.07) is 0. The predicted octanol–water partition coefficient (Wildman–Crippen LogP) is 0.591. The first kappa shape index (κ1) is 6.73. The minimum absolute atomic E-state index is 0.441. The van der Waals surface area contributed by atoms with E-state index < -0.39 is 0 Å². The van der Waals surface area contributed by atoms with Gasteiger partial charge < -0.3 is 5.73 Å². The Morgan fingerprint density at radius 2 is 2.33 bits per heavy atom. The molecule has 0 aromatic heterocycles. The fraction of sp³-hybridized carbons (Fsp3) is 0. The molecule has 0 fully saturated rings. The van der Waals surface area contributed by atoms with E-state index in [1.807, 2.05) is 45.7 Å². The summed E-state index contributed by atoms with van der Waals surface area (Å²) in [6.45, 7) is 0. The second kappa shape index (κ2) is 3.90. The molecule has 0 rings (SSSR count). The van der Waals surface area contributed by atoms with Crippen LogP contribution >= 0.6 is 45.7 Å². The predicted molar refractivity (Wildman–Crippen MR) is 42.8 cm³/mol. The number of nitrogens with one attached hydrogen (secondary N) is 1. The van der Waals surface area contributed by atoms with Gasteiger partial charge in [-0.25, -0.2) is 0 Å². The largest absolute Gasteiger partial charge is 0.369 e. The summed E-state index contributed by atoms with van der Waals surface area (Å²) in [5.41, 5.74) is 5.10. The first-order valence-electron chi connectivity index (χ1n) is 1.12. The van der Waals surface area contributed by atoms with Gasteiger partial charge in [0.1, 0.15) is 0 Å². The molecule has 0 amide bonds. The molecule has 0 aliphatic rings. The quantitative estimate of drug-likeness (QED) is 0.298. The Kier molecular flexibility index (Phi) is 4.38. The van der Waals surface area contributed by atoms with Crippen molar-refractivity contribution in [3.05, 3.63) is 0 Å². The van der Waals surface area contributed by atoms with Crippen LogP contribution in [0.1, 0.15) is 0 Å². The standard InChI is InChI=1S/CH3I2N3/c2-5-1(4)6-3/h(H3,4,5,6). The van der Waals surface area contributed by atoms with Gasteiger partial charge in [0, 0.05) is 0 Å². The first-order chi connectivity index (χ1) is 2.81. The Hall–Kier alpha value is 0.730. The van der Waals surface area contributed by atoms with Gasteiger partial charge in [-0.1, -0.05) is 0 Å². The molecular weight excluding hydrogens is 308 g/mol. The van der Waals surface area contributed by atoms with Crippen molar-refractivity contribution in [2.24, 2.45) is 8.94 Å². The molecule has 0 aromatic rings. The molecule has 0 aromatic carbocycles. The summed E-state index contributed by atoms with van der Waals surface area (Å²) < 4.78 is 6.16. The number of hydrogen-bond donors (Lipinski definition) is 2. The van der Waals surface area contributed by atoms with Crippen LogP contribution in [0, 0.1) is 0 Å². The van der Waals surface area contributed by atoms with Crippen LogP contribution in [0.5, 0.6) is 0 Å². The minimum Gasteiger partial charge on any atom is -0.369 e. The molecule has 0 bridgehead atoms. The van der Waals surface area contributed by atoms with Crippen molar-refractivity contribution in [2.75, 3.05) is 0 Å². The highest BCUT2D eigenvalue weighted by molar-refractivity contribution is 14.1. The molecule has 0 radical (unpaired) electrons. The molecule has 0 atom stereocenters. The SMILES string of the molecule is NC(=NI)NI. The average molecular weight is 311 g/mol. The number of hydrogen-bond acceptors (Lipinski definition) is 1. The number of guanidine groups is 1. The van der Waals surface area contributed by atoms with Crippen molar-refractivity contribution in [1.29, 1.82) is 0 Å². The molecule has 0 heterocycles. The Labute approximate surface area is 63.8 Å². The molecule has 6 heavy (non-hydrogen) atoms. The zero-order valence-corrected chi connectivity index (χ0v) is 7.10. The van der Waals surface area contributed by atoms with E-state index in [1.165, 1.54) is 0 Å². The van der Waals surface area contributed by atoms with E-state index in [4.69, 9.17) is 5.73 Å². The van der Waals surface area contributed by atoms with Gasteiger partial charge in [-0.3, -0.25) is 3.53 Å². The molecule has 0 aliphatic heterocycles. The van der Waals surface area contributed by atoms with Crippen LogP contribution in [-0.2, 0) is 0 Å². The molecular formula is CH3I2N3. The Morgan fingerprint density at radius 1 is 1.83 bits per heavy atom. The molecule has 36 valence electrons. The fourth-order valence-corrected chi connectivity index (χ4v) is 0.719. The minimum atomic E-state index is 0.441. The maximum atomic E-state index is 5.10. The van der Waals surface area contributed by atoms with Crippen LogP contribution in [0.15, 0.2) is 3.21 Å². The van der Waals surface area contributed by atoms with Gasteiger partial charge in [0.2, 0.25) is 5.96 Å². The molecule has 0 saturated heterocycles. The Morgan fingerprint density at radius 3 is 2.33 bits per heavy atom. The highest BCUT2D eigenvalue weighted by Gasteiger charge is 1.75. The van der Waals surface area contributed by atoms with Gasteiger partial charge in [-0.2, -0.15) is 3.21 Å². The number of halogens is 2. The lowest BCUT2D eigenvalue weighted by Crippen LogP contribution is -2.21. The second-order valence-electron chi connectivity index (χ2n) is 0.564.